The molecule has 1 heterocycles. The summed E-state index contributed by atoms with van der Waals surface area (Å²) in [5.41, 5.74) is 1.01. The number of aromatic nitrogens is 2. The molecule has 0 saturated heterocycles. The number of nitrogens with zero attached hydrogens (tertiary/aromatic N) is 2. The van der Waals surface area contributed by atoms with Crippen LogP contribution >= 0.6 is 23.2 Å². The van der Waals surface area contributed by atoms with Crippen LogP contribution in [-0.2, 0) is 13.0 Å². The van der Waals surface area contributed by atoms with Crippen molar-refractivity contribution in [2.75, 3.05) is 6.54 Å². The van der Waals surface area contributed by atoms with Crippen molar-refractivity contribution in [3.63, 3.8) is 0 Å². The highest BCUT2D eigenvalue weighted by Crippen LogP contribution is 2.27. The third-order valence-corrected chi connectivity index (χ3v) is 4.00. The van der Waals surface area contributed by atoms with Crippen molar-refractivity contribution in [3.05, 3.63) is 45.5 Å². The van der Waals surface area contributed by atoms with E-state index >= 15 is 0 Å². The first-order valence-electron chi connectivity index (χ1n) is 6.67. The summed E-state index contributed by atoms with van der Waals surface area (Å²) in [7, 11) is 0. The molecule has 1 aliphatic rings. The molecule has 20 heavy (non-hydrogen) atoms. The number of nitrogens with one attached hydrogen (secondary N) is 1. The Balaban J connectivity index is 1.56. The van der Waals surface area contributed by atoms with Crippen LogP contribution in [0, 0.1) is 5.92 Å². The summed E-state index contributed by atoms with van der Waals surface area (Å²) < 4.78 is 5.21. The maximum Gasteiger partial charge on any atom is 0.240 e. The SMILES string of the molecule is Clc1ccc(Cc2noc(CNCC3CC3)n2)cc1Cl. The Morgan fingerprint density at radius 1 is 1.25 bits per heavy atom. The fourth-order valence-corrected chi connectivity index (χ4v) is 2.29. The molecule has 0 atom stereocenters. The highest BCUT2D eigenvalue weighted by molar-refractivity contribution is 6.42. The van der Waals surface area contributed by atoms with Crippen molar-refractivity contribution < 1.29 is 4.52 Å². The van der Waals surface area contributed by atoms with Crippen molar-refractivity contribution in [2.24, 2.45) is 5.92 Å². The van der Waals surface area contributed by atoms with E-state index in [1.165, 1.54) is 12.8 Å². The Hall–Kier alpha value is -1.10. The number of halogens is 2. The molecule has 2 aromatic rings. The van der Waals surface area contributed by atoms with E-state index in [4.69, 9.17) is 27.7 Å². The second-order valence-corrected chi connectivity index (χ2v) is 5.92. The lowest BCUT2D eigenvalue weighted by Crippen LogP contribution is -2.16. The summed E-state index contributed by atoms with van der Waals surface area (Å²) in [6.07, 6.45) is 3.25. The number of rotatable bonds is 6. The minimum atomic E-state index is 0.541. The van der Waals surface area contributed by atoms with Crippen LogP contribution in [0.5, 0.6) is 0 Å². The van der Waals surface area contributed by atoms with Crippen LogP contribution in [0.15, 0.2) is 22.7 Å². The molecule has 1 fully saturated rings. The number of benzene rings is 1. The lowest BCUT2D eigenvalue weighted by molar-refractivity contribution is 0.362. The summed E-state index contributed by atoms with van der Waals surface area (Å²) in [4.78, 5) is 4.36. The molecule has 0 radical (unpaired) electrons. The molecule has 0 amide bonds. The Morgan fingerprint density at radius 3 is 2.85 bits per heavy atom. The Labute approximate surface area is 127 Å². The average Bonchev–Trinajstić information content (AvgIpc) is 3.14. The van der Waals surface area contributed by atoms with Crippen molar-refractivity contribution in [1.29, 1.82) is 0 Å². The molecule has 106 valence electrons. The maximum absolute atomic E-state index is 5.98. The van der Waals surface area contributed by atoms with Gasteiger partial charge < -0.3 is 9.84 Å². The molecule has 0 spiro atoms. The summed E-state index contributed by atoms with van der Waals surface area (Å²) in [5.74, 6) is 2.13. The molecular weight excluding hydrogens is 297 g/mol. The van der Waals surface area contributed by atoms with Crippen molar-refractivity contribution in [3.8, 4) is 0 Å². The van der Waals surface area contributed by atoms with E-state index in [2.05, 4.69) is 15.5 Å². The molecule has 6 heteroatoms. The second kappa shape index (κ2) is 6.12. The van der Waals surface area contributed by atoms with E-state index in [0.717, 1.165) is 18.0 Å². The lowest BCUT2D eigenvalue weighted by Gasteiger charge is -1.99. The molecule has 1 aromatic heterocycles. The second-order valence-electron chi connectivity index (χ2n) is 5.10. The zero-order valence-electron chi connectivity index (χ0n) is 10.9. The molecule has 1 saturated carbocycles. The smallest absolute Gasteiger partial charge is 0.240 e. The van der Waals surface area contributed by atoms with E-state index in [9.17, 15) is 0 Å². The van der Waals surface area contributed by atoms with Crippen LogP contribution in [0.4, 0.5) is 0 Å². The van der Waals surface area contributed by atoms with Crippen LogP contribution in [-0.4, -0.2) is 16.7 Å². The van der Waals surface area contributed by atoms with E-state index < -0.39 is 0 Å². The highest BCUT2D eigenvalue weighted by atomic mass is 35.5. The third kappa shape index (κ3) is 3.72. The first-order chi connectivity index (χ1) is 9.70. The van der Waals surface area contributed by atoms with Gasteiger partial charge in [-0.05, 0) is 43.0 Å². The van der Waals surface area contributed by atoms with E-state index in [0.29, 0.717) is 34.7 Å². The molecular formula is C14H15Cl2N3O. The summed E-state index contributed by atoms with van der Waals surface area (Å²) >= 11 is 11.9. The lowest BCUT2D eigenvalue weighted by atomic mass is 10.1. The van der Waals surface area contributed by atoms with Crippen LogP contribution in [0.25, 0.3) is 0 Å². The fourth-order valence-electron chi connectivity index (χ4n) is 1.97. The predicted octanol–water partition coefficient (Wildman–Crippen LogP) is 3.47. The summed E-state index contributed by atoms with van der Waals surface area (Å²) in [6, 6.07) is 5.51. The van der Waals surface area contributed by atoms with Crippen LogP contribution < -0.4 is 5.32 Å². The van der Waals surface area contributed by atoms with E-state index in [-0.39, 0.29) is 0 Å². The largest absolute Gasteiger partial charge is 0.338 e. The molecule has 0 aliphatic heterocycles. The number of hydrogen-bond donors (Lipinski definition) is 1. The summed E-state index contributed by atoms with van der Waals surface area (Å²) in [5, 5.41) is 8.39. The first kappa shape index (κ1) is 13.9. The van der Waals surface area contributed by atoms with E-state index in [1.807, 2.05) is 12.1 Å². The molecule has 0 bridgehead atoms. The van der Waals surface area contributed by atoms with Gasteiger partial charge in [0.05, 0.1) is 16.6 Å². The van der Waals surface area contributed by atoms with Crippen LogP contribution in [0.3, 0.4) is 0 Å². The van der Waals surface area contributed by atoms with Gasteiger partial charge >= 0.3 is 0 Å². The standard InChI is InChI=1S/C14H15Cl2N3O/c15-11-4-3-10(5-12(11)16)6-13-18-14(20-19-13)8-17-7-9-1-2-9/h3-5,9,17H,1-2,6-8H2. The molecule has 0 unspecified atom stereocenters. The van der Waals surface area contributed by atoms with Gasteiger partial charge in [0.15, 0.2) is 5.82 Å². The quantitative estimate of drug-likeness (QED) is 0.887. The van der Waals surface area contributed by atoms with Gasteiger partial charge in [-0.15, -0.1) is 0 Å². The molecule has 4 nitrogen and oxygen atoms in total. The Kier molecular flexibility index (Phi) is 4.24. The Morgan fingerprint density at radius 2 is 2.10 bits per heavy atom. The fraction of sp³-hybridized carbons (Fsp3) is 0.429. The highest BCUT2D eigenvalue weighted by Gasteiger charge is 2.20. The zero-order valence-corrected chi connectivity index (χ0v) is 12.4. The summed E-state index contributed by atoms with van der Waals surface area (Å²) in [6.45, 7) is 1.66. The van der Waals surface area contributed by atoms with Gasteiger partial charge in [0.1, 0.15) is 0 Å². The van der Waals surface area contributed by atoms with Crippen LogP contribution in [0.2, 0.25) is 10.0 Å². The van der Waals surface area contributed by atoms with Gasteiger partial charge in [0, 0.05) is 6.42 Å². The molecule has 1 N–H and O–H groups in total. The maximum atomic E-state index is 5.98. The van der Waals surface area contributed by atoms with Crippen molar-refractivity contribution in [2.45, 2.75) is 25.8 Å². The van der Waals surface area contributed by atoms with Gasteiger partial charge in [0.2, 0.25) is 5.89 Å². The topological polar surface area (TPSA) is 51.0 Å². The van der Waals surface area contributed by atoms with Gasteiger partial charge in [-0.3, -0.25) is 0 Å². The van der Waals surface area contributed by atoms with Gasteiger partial charge in [0.25, 0.3) is 0 Å². The Bertz CT molecular complexity index is 596. The molecule has 1 aliphatic carbocycles. The van der Waals surface area contributed by atoms with Gasteiger partial charge in [-0.25, -0.2) is 0 Å². The predicted molar refractivity (Wildman–Crippen MR) is 78.0 cm³/mol. The van der Waals surface area contributed by atoms with Crippen LogP contribution in [0.1, 0.15) is 30.1 Å². The van der Waals surface area contributed by atoms with Gasteiger partial charge in [-0.2, -0.15) is 4.98 Å². The van der Waals surface area contributed by atoms with Crippen molar-refractivity contribution >= 4 is 23.2 Å². The zero-order chi connectivity index (χ0) is 13.9. The minimum Gasteiger partial charge on any atom is -0.338 e. The van der Waals surface area contributed by atoms with Gasteiger partial charge in [-0.1, -0.05) is 34.4 Å². The van der Waals surface area contributed by atoms with Crippen molar-refractivity contribution in [1.82, 2.24) is 15.5 Å². The van der Waals surface area contributed by atoms with E-state index in [1.54, 1.807) is 6.07 Å². The number of hydrogen-bond acceptors (Lipinski definition) is 4. The third-order valence-electron chi connectivity index (χ3n) is 3.26. The normalized spacial score (nSPS) is 14.7. The minimum absolute atomic E-state index is 0.541. The average molecular weight is 312 g/mol. The first-order valence-corrected chi connectivity index (χ1v) is 7.42. The molecule has 3 rings (SSSR count). The monoisotopic (exact) mass is 311 g/mol. The molecule has 1 aromatic carbocycles.